The molecule has 1 atom stereocenters. The van der Waals surface area contributed by atoms with Crippen molar-refractivity contribution >= 4 is 14.1 Å². The Labute approximate surface area is 153 Å². The Morgan fingerprint density at radius 2 is 1.84 bits per heavy atom. The van der Waals surface area contributed by atoms with Gasteiger partial charge in [-0.3, -0.25) is 4.79 Å². The number of aliphatic hydroxyl groups excluding tert-OH is 1. The van der Waals surface area contributed by atoms with Crippen LogP contribution >= 0.6 is 0 Å². The van der Waals surface area contributed by atoms with E-state index in [-0.39, 0.29) is 23.3 Å². The average Bonchev–Trinajstić information content (AvgIpc) is 2.53. The van der Waals surface area contributed by atoms with Crippen LogP contribution in [-0.2, 0) is 20.6 Å². The van der Waals surface area contributed by atoms with Gasteiger partial charge in [-0.2, -0.15) is 0 Å². The number of ether oxygens (including phenoxy) is 1. The van der Waals surface area contributed by atoms with E-state index >= 15 is 0 Å². The summed E-state index contributed by atoms with van der Waals surface area (Å²) in [5.74, 6) is -0.158. The maximum absolute atomic E-state index is 11.7. The maximum atomic E-state index is 11.7. The van der Waals surface area contributed by atoms with E-state index < -0.39 is 14.9 Å². The van der Waals surface area contributed by atoms with Gasteiger partial charge in [-0.05, 0) is 36.5 Å². The van der Waals surface area contributed by atoms with Gasteiger partial charge in [0.2, 0.25) is 0 Å². The highest BCUT2D eigenvalue weighted by atomic mass is 28.4. The van der Waals surface area contributed by atoms with Crippen molar-refractivity contribution in [2.24, 2.45) is 0 Å². The molecular formula is C20H34O4Si. The minimum Gasteiger partial charge on any atom is -0.413 e. The third-order valence-electron chi connectivity index (χ3n) is 4.83. The van der Waals surface area contributed by atoms with Gasteiger partial charge in [0.1, 0.15) is 6.61 Å². The molecule has 0 radical (unpaired) electrons. The molecule has 0 saturated heterocycles. The van der Waals surface area contributed by atoms with Gasteiger partial charge in [-0.25, -0.2) is 0 Å². The van der Waals surface area contributed by atoms with Crippen molar-refractivity contribution < 1.29 is 19.1 Å². The number of carbonyl (C=O) groups is 1. The van der Waals surface area contributed by atoms with Gasteiger partial charge in [0.25, 0.3) is 0 Å². The Morgan fingerprint density at radius 1 is 1.20 bits per heavy atom. The number of aliphatic hydroxyl groups is 1. The summed E-state index contributed by atoms with van der Waals surface area (Å²) >= 11 is 0. The average molecular weight is 367 g/mol. The third kappa shape index (κ3) is 8.27. The molecule has 0 aliphatic carbocycles. The first kappa shape index (κ1) is 22.0. The first-order chi connectivity index (χ1) is 11.7. The molecular weight excluding hydrogens is 332 g/mol. The van der Waals surface area contributed by atoms with Crippen LogP contribution in [0.15, 0.2) is 30.3 Å². The SMILES string of the molecule is CC(C)(C)[Si](C)(C)OC(CCCOCc1ccccc1)CC(=O)CO. The summed E-state index contributed by atoms with van der Waals surface area (Å²) in [4.78, 5) is 11.7. The normalized spacial score (nSPS) is 13.7. The number of ketones is 1. The number of hydrogen-bond donors (Lipinski definition) is 1. The van der Waals surface area contributed by atoms with Crippen molar-refractivity contribution in [2.75, 3.05) is 13.2 Å². The molecule has 142 valence electrons. The number of carbonyl (C=O) groups excluding carboxylic acids is 1. The van der Waals surface area contributed by atoms with Crippen LogP contribution in [0.4, 0.5) is 0 Å². The van der Waals surface area contributed by atoms with Gasteiger partial charge in [-0.15, -0.1) is 0 Å². The smallest absolute Gasteiger partial charge is 0.192 e. The summed E-state index contributed by atoms with van der Waals surface area (Å²) in [5.41, 5.74) is 1.16. The Balaban J connectivity index is 2.46. The maximum Gasteiger partial charge on any atom is 0.192 e. The quantitative estimate of drug-likeness (QED) is 0.468. The van der Waals surface area contributed by atoms with Gasteiger partial charge in [0.15, 0.2) is 14.1 Å². The van der Waals surface area contributed by atoms with Crippen LogP contribution in [0.1, 0.15) is 45.6 Å². The van der Waals surface area contributed by atoms with E-state index in [1.807, 2.05) is 30.3 Å². The van der Waals surface area contributed by atoms with Gasteiger partial charge >= 0.3 is 0 Å². The molecule has 0 fully saturated rings. The van der Waals surface area contributed by atoms with E-state index in [0.717, 1.165) is 18.4 Å². The lowest BCUT2D eigenvalue weighted by molar-refractivity contribution is -0.123. The molecule has 1 aromatic rings. The largest absolute Gasteiger partial charge is 0.413 e. The second-order valence-electron chi connectivity index (χ2n) is 8.08. The second kappa shape index (κ2) is 10.2. The minimum absolute atomic E-state index is 0.0946. The number of hydrogen-bond acceptors (Lipinski definition) is 4. The third-order valence-corrected chi connectivity index (χ3v) is 9.36. The molecule has 1 N–H and O–H groups in total. The van der Waals surface area contributed by atoms with Crippen LogP contribution in [0.3, 0.4) is 0 Å². The zero-order valence-electron chi connectivity index (χ0n) is 16.4. The first-order valence-corrected chi connectivity index (χ1v) is 12.0. The van der Waals surface area contributed by atoms with Crippen LogP contribution in [-0.4, -0.2) is 38.5 Å². The van der Waals surface area contributed by atoms with Gasteiger partial charge in [0, 0.05) is 13.0 Å². The predicted molar refractivity (Wildman–Crippen MR) is 104 cm³/mol. The minimum atomic E-state index is -1.94. The molecule has 4 nitrogen and oxygen atoms in total. The van der Waals surface area contributed by atoms with Crippen molar-refractivity contribution in [1.82, 2.24) is 0 Å². The standard InChI is InChI=1S/C20H34O4Si/c1-20(2,3)25(4,5)24-19(14-18(22)15-21)12-9-13-23-16-17-10-7-6-8-11-17/h6-8,10-11,19,21H,9,12-16H2,1-5H3. The molecule has 0 amide bonds. The van der Waals surface area contributed by atoms with Gasteiger partial charge in [-0.1, -0.05) is 51.1 Å². The molecule has 1 aromatic carbocycles. The summed E-state index contributed by atoms with van der Waals surface area (Å²) in [5, 5.41) is 9.15. The summed E-state index contributed by atoms with van der Waals surface area (Å²) in [6, 6.07) is 10.1. The summed E-state index contributed by atoms with van der Waals surface area (Å²) in [7, 11) is -1.94. The molecule has 25 heavy (non-hydrogen) atoms. The van der Waals surface area contributed by atoms with Crippen molar-refractivity contribution in [2.45, 2.75) is 70.9 Å². The lowest BCUT2D eigenvalue weighted by Gasteiger charge is -2.39. The molecule has 0 heterocycles. The highest BCUT2D eigenvalue weighted by Gasteiger charge is 2.39. The van der Waals surface area contributed by atoms with Gasteiger partial charge in [0.05, 0.1) is 12.7 Å². The monoisotopic (exact) mass is 366 g/mol. The van der Waals surface area contributed by atoms with Crippen molar-refractivity contribution in [3.63, 3.8) is 0 Å². The van der Waals surface area contributed by atoms with Crippen LogP contribution < -0.4 is 0 Å². The molecule has 1 unspecified atom stereocenters. The van der Waals surface area contributed by atoms with Crippen molar-refractivity contribution in [3.8, 4) is 0 Å². The predicted octanol–water partition coefficient (Wildman–Crippen LogP) is 4.33. The number of benzene rings is 1. The Morgan fingerprint density at radius 3 is 2.40 bits per heavy atom. The van der Waals surface area contributed by atoms with E-state index in [4.69, 9.17) is 14.3 Å². The first-order valence-electron chi connectivity index (χ1n) is 9.08. The van der Waals surface area contributed by atoms with Crippen molar-refractivity contribution in [1.29, 1.82) is 0 Å². The Kier molecular flexibility index (Phi) is 9.00. The molecule has 0 bridgehead atoms. The van der Waals surface area contributed by atoms with Crippen LogP contribution in [0.5, 0.6) is 0 Å². The van der Waals surface area contributed by atoms with Crippen LogP contribution in [0.2, 0.25) is 18.1 Å². The highest BCUT2D eigenvalue weighted by Crippen LogP contribution is 2.38. The Bertz CT molecular complexity index is 508. The summed E-state index contributed by atoms with van der Waals surface area (Å²) in [6.07, 6.45) is 1.75. The fourth-order valence-corrected chi connectivity index (χ4v) is 3.68. The fourth-order valence-electron chi connectivity index (χ4n) is 2.29. The highest BCUT2D eigenvalue weighted by molar-refractivity contribution is 6.74. The van der Waals surface area contributed by atoms with E-state index in [1.165, 1.54) is 0 Å². The van der Waals surface area contributed by atoms with E-state index in [9.17, 15) is 4.79 Å². The van der Waals surface area contributed by atoms with E-state index in [0.29, 0.717) is 13.2 Å². The summed E-state index contributed by atoms with van der Waals surface area (Å²) < 4.78 is 12.1. The van der Waals surface area contributed by atoms with E-state index in [2.05, 4.69) is 33.9 Å². The molecule has 0 aromatic heterocycles. The van der Waals surface area contributed by atoms with E-state index in [1.54, 1.807) is 0 Å². The van der Waals surface area contributed by atoms with Gasteiger partial charge < -0.3 is 14.3 Å². The van der Waals surface area contributed by atoms with Crippen molar-refractivity contribution in [3.05, 3.63) is 35.9 Å². The molecule has 1 rings (SSSR count). The lowest BCUT2D eigenvalue weighted by Crippen LogP contribution is -2.44. The lowest BCUT2D eigenvalue weighted by atomic mass is 10.1. The second-order valence-corrected chi connectivity index (χ2v) is 12.8. The fraction of sp³-hybridized carbons (Fsp3) is 0.650. The molecule has 5 heteroatoms. The number of Topliss-reactive ketones (excluding diaryl/α,β-unsaturated/α-hetero) is 1. The zero-order valence-corrected chi connectivity index (χ0v) is 17.4. The number of rotatable bonds is 11. The Hall–Kier alpha value is -1.01. The molecule has 0 saturated carbocycles. The molecule has 0 spiro atoms. The molecule has 0 aliphatic rings. The zero-order chi connectivity index (χ0) is 18.9. The molecule has 0 aliphatic heterocycles. The van der Waals surface area contributed by atoms with Crippen LogP contribution in [0.25, 0.3) is 0 Å². The summed E-state index contributed by atoms with van der Waals surface area (Å²) in [6.45, 7) is 11.8. The van der Waals surface area contributed by atoms with Crippen LogP contribution in [0, 0.1) is 0 Å². The topological polar surface area (TPSA) is 55.8 Å².